The Hall–Kier alpha value is -4.73. The Morgan fingerprint density at radius 2 is 1.56 bits per heavy atom. The summed E-state index contributed by atoms with van der Waals surface area (Å²) in [7, 11) is 2.91. The molecule has 0 bridgehead atoms. The van der Waals surface area contributed by atoms with E-state index in [9.17, 15) is 28.7 Å². The van der Waals surface area contributed by atoms with Crippen LogP contribution in [0.15, 0.2) is 72.8 Å². The topological polar surface area (TPSA) is 107 Å². The zero-order valence-corrected chi connectivity index (χ0v) is 25.5. The number of rotatable bonds is 9. The number of hydrogen-bond acceptors (Lipinski definition) is 5. The van der Waals surface area contributed by atoms with E-state index >= 15 is 0 Å². The van der Waals surface area contributed by atoms with Crippen LogP contribution in [-0.2, 0) is 25.5 Å². The van der Waals surface area contributed by atoms with Crippen LogP contribution in [0.5, 0.6) is 0 Å². The van der Waals surface area contributed by atoms with Crippen LogP contribution in [0, 0.1) is 5.82 Å². The number of benzene rings is 3. The van der Waals surface area contributed by atoms with Crippen LogP contribution in [0.3, 0.4) is 0 Å². The number of halogens is 1. The predicted molar refractivity (Wildman–Crippen MR) is 166 cm³/mol. The fraction of sp³-hybridized carbons (Fsp3) is 0.371. The van der Waals surface area contributed by atoms with Gasteiger partial charge in [-0.25, -0.2) is 9.18 Å². The number of likely N-dealkylation sites (N-methyl/N-ethyl adjacent to an activating group) is 2. The quantitative estimate of drug-likeness (QED) is 0.366. The molecule has 1 N–H and O–H groups in total. The van der Waals surface area contributed by atoms with Gasteiger partial charge in [-0.1, -0.05) is 73.5 Å². The number of fused-ring (bicyclic) bond motifs is 3. The van der Waals surface area contributed by atoms with Gasteiger partial charge in [0.25, 0.3) is 0 Å². The monoisotopic (exact) mass is 615 g/mol. The lowest BCUT2D eigenvalue weighted by atomic mass is 9.97. The summed E-state index contributed by atoms with van der Waals surface area (Å²) >= 11 is 0. The molecule has 5 rings (SSSR count). The summed E-state index contributed by atoms with van der Waals surface area (Å²) in [5, 5.41) is 9.32. The third-order valence-electron chi connectivity index (χ3n) is 8.79. The number of aliphatic carboxylic acids is 1. The number of amides is 3. The molecule has 1 fully saturated rings. The molecule has 236 valence electrons. The highest BCUT2D eigenvalue weighted by molar-refractivity contribution is 5.92. The normalized spacial score (nSPS) is 17.0. The Morgan fingerprint density at radius 3 is 2.18 bits per heavy atom. The van der Waals surface area contributed by atoms with Gasteiger partial charge in [0.2, 0.25) is 11.8 Å². The first-order valence-electron chi connectivity index (χ1n) is 15.2. The summed E-state index contributed by atoms with van der Waals surface area (Å²) in [6.07, 6.45) is 1.94. The Morgan fingerprint density at radius 1 is 0.933 bits per heavy atom. The van der Waals surface area contributed by atoms with Crippen molar-refractivity contribution in [3.05, 3.63) is 95.3 Å². The first-order chi connectivity index (χ1) is 21.7. The number of carboxylic acid groups (broad SMARTS) is 1. The van der Waals surface area contributed by atoms with Crippen LogP contribution in [-0.4, -0.2) is 89.6 Å². The minimum absolute atomic E-state index is 0.0657. The van der Waals surface area contributed by atoms with Crippen molar-refractivity contribution in [1.82, 2.24) is 14.7 Å². The van der Waals surface area contributed by atoms with Gasteiger partial charge >= 0.3 is 12.1 Å². The van der Waals surface area contributed by atoms with E-state index in [-0.39, 0.29) is 25.5 Å². The number of nitrogens with zero attached hydrogens (tertiary/aromatic N) is 3. The van der Waals surface area contributed by atoms with Crippen molar-refractivity contribution >= 4 is 23.9 Å². The lowest BCUT2D eigenvalue weighted by Gasteiger charge is -2.39. The molecule has 1 unspecified atom stereocenters. The van der Waals surface area contributed by atoms with E-state index < -0.39 is 48.3 Å². The Balaban J connectivity index is 1.35. The molecule has 0 spiro atoms. The molecule has 3 amide bonds. The van der Waals surface area contributed by atoms with Crippen LogP contribution in [0.4, 0.5) is 9.18 Å². The maximum Gasteiger partial charge on any atom is 0.410 e. The van der Waals surface area contributed by atoms with Gasteiger partial charge in [0.15, 0.2) is 0 Å². The van der Waals surface area contributed by atoms with Crippen molar-refractivity contribution in [1.29, 1.82) is 0 Å². The number of ether oxygens (including phenoxy) is 1. The summed E-state index contributed by atoms with van der Waals surface area (Å²) in [6.45, 7) is -0.177. The standard InChI is InChI=1S/C35H38FN3O6/c1-37(21-32(40)41)33(42)31(20-23-15-17-24(36)18-16-23)39-19-9-3-4-14-30(34(39)43)38(2)35(44)45-22-29-27-12-7-5-10-25(27)26-11-6-8-13-28(26)29/h5-8,10-13,15-18,29-31H,3-4,9,14,19-22H2,1-2H3,(H,40,41)/t30-,31?/m0/s1. The minimum atomic E-state index is -1.18. The molecule has 1 saturated heterocycles. The highest BCUT2D eigenvalue weighted by Gasteiger charge is 2.39. The molecule has 45 heavy (non-hydrogen) atoms. The maximum absolute atomic E-state index is 14.2. The van der Waals surface area contributed by atoms with E-state index in [1.807, 2.05) is 36.4 Å². The molecule has 2 aliphatic rings. The third-order valence-corrected chi connectivity index (χ3v) is 8.79. The van der Waals surface area contributed by atoms with Gasteiger partial charge in [0.05, 0.1) is 0 Å². The largest absolute Gasteiger partial charge is 0.480 e. The lowest BCUT2D eigenvalue weighted by molar-refractivity contribution is -0.151. The molecule has 0 aromatic heterocycles. The maximum atomic E-state index is 14.2. The molecule has 2 atom stereocenters. The fourth-order valence-electron chi connectivity index (χ4n) is 6.42. The van der Waals surface area contributed by atoms with Crippen molar-refractivity contribution in [3.8, 4) is 11.1 Å². The molecule has 1 heterocycles. The highest BCUT2D eigenvalue weighted by atomic mass is 19.1. The van der Waals surface area contributed by atoms with Crippen LogP contribution in [0.1, 0.15) is 48.3 Å². The van der Waals surface area contributed by atoms with Crippen LogP contribution in [0.2, 0.25) is 0 Å². The number of likely N-dealkylation sites (tertiary alicyclic amines) is 1. The number of carbonyl (C=O) groups excluding carboxylic acids is 3. The van der Waals surface area contributed by atoms with Gasteiger partial charge in [-0.3, -0.25) is 19.3 Å². The van der Waals surface area contributed by atoms with E-state index in [1.54, 1.807) is 12.1 Å². The molecular formula is C35H38FN3O6. The summed E-state index contributed by atoms with van der Waals surface area (Å²) in [5.74, 6) is -2.70. The van der Waals surface area contributed by atoms with Crippen LogP contribution < -0.4 is 0 Å². The van der Waals surface area contributed by atoms with Crippen molar-refractivity contribution in [2.45, 2.75) is 50.1 Å². The van der Waals surface area contributed by atoms with E-state index in [2.05, 4.69) is 12.1 Å². The van der Waals surface area contributed by atoms with E-state index in [0.29, 0.717) is 24.8 Å². The minimum Gasteiger partial charge on any atom is -0.480 e. The van der Waals surface area contributed by atoms with Gasteiger partial charge in [-0.15, -0.1) is 0 Å². The van der Waals surface area contributed by atoms with Crippen molar-refractivity contribution in [2.75, 3.05) is 33.8 Å². The van der Waals surface area contributed by atoms with E-state index in [0.717, 1.165) is 33.6 Å². The second-order valence-corrected chi connectivity index (χ2v) is 11.7. The van der Waals surface area contributed by atoms with E-state index in [4.69, 9.17) is 4.74 Å². The number of carboxylic acids is 1. The smallest absolute Gasteiger partial charge is 0.410 e. The summed E-state index contributed by atoms with van der Waals surface area (Å²) in [4.78, 5) is 56.6. The van der Waals surface area contributed by atoms with Gasteiger partial charge in [-0.2, -0.15) is 0 Å². The SMILES string of the molecule is CN(CC(=O)O)C(=O)C(Cc1ccc(F)cc1)N1CCCCC[C@H](N(C)C(=O)OCC2c3ccccc3-c3ccccc32)C1=O. The van der Waals surface area contributed by atoms with Gasteiger partial charge in [0, 0.05) is 33.0 Å². The molecule has 3 aromatic carbocycles. The average molecular weight is 616 g/mol. The number of carbonyl (C=O) groups is 4. The van der Waals surface area contributed by atoms with Crippen molar-refractivity contribution < 1.29 is 33.4 Å². The highest BCUT2D eigenvalue weighted by Crippen LogP contribution is 2.44. The van der Waals surface area contributed by atoms with Gasteiger partial charge < -0.3 is 19.6 Å². The first-order valence-corrected chi connectivity index (χ1v) is 15.2. The molecule has 10 heteroatoms. The van der Waals surface area contributed by atoms with Gasteiger partial charge in [-0.05, 0) is 52.8 Å². The fourth-order valence-corrected chi connectivity index (χ4v) is 6.42. The molecule has 1 aliphatic heterocycles. The first kappa shape index (κ1) is 31.7. The van der Waals surface area contributed by atoms with Crippen LogP contribution >= 0.6 is 0 Å². The summed E-state index contributed by atoms with van der Waals surface area (Å²) < 4.78 is 19.5. The second kappa shape index (κ2) is 13.9. The summed E-state index contributed by atoms with van der Waals surface area (Å²) in [6, 6.07) is 19.8. The predicted octanol–water partition coefficient (Wildman–Crippen LogP) is 4.93. The molecule has 3 aromatic rings. The average Bonchev–Trinajstić information content (AvgIpc) is 3.34. The zero-order valence-electron chi connectivity index (χ0n) is 25.5. The Bertz CT molecular complexity index is 1520. The Kier molecular flexibility index (Phi) is 9.80. The van der Waals surface area contributed by atoms with Gasteiger partial charge in [0.1, 0.15) is 31.1 Å². The summed E-state index contributed by atoms with van der Waals surface area (Å²) in [5.41, 5.74) is 5.00. The second-order valence-electron chi connectivity index (χ2n) is 11.7. The number of hydrogen-bond donors (Lipinski definition) is 1. The molecular weight excluding hydrogens is 577 g/mol. The molecule has 1 aliphatic carbocycles. The van der Waals surface area contributed by atoms with E-state index in [1.165, 1.54) is 36.0 Å². The molecule has 0 saturated carbocycles. The van der Waals surface area contributed by atoms with Crippen molar-refractivity contribution in [2.24, 2.45) is 0 Å². The lowest BCUT2D eigenvalue weighted by Crippen LogP contribution is -2.58. The zero-order chi connectivity index (χ0) is 32.1. The Labute approximate surface area is 262 Å². The molecule has 0 radical (unpaired) electrons. The third kappa shape index (κ3) is 7.00. The van der Waals surface area contributed by atoms with Crippen molar-refractivity contribution in [3.63, 3.8) is 0 Å². The molecule has 9 nitrogen and oxygen atoms in total. The van der Waals surface area contributed by atoms with Crippen LogP contribution in [0.25, 0.3) is 11.1 Å².